The van der Waals surface area contributed by atoms with Crippen molar-refractivity contribution >= 4 is 17.8 Å². The minimum Gasteiger partial charge on any atom is -0.354 e. The molecule has 1 aromatic carbocycles. The molecular weight excluding hydrogens is 222 g/mol. The van der Waals surface area contributed by atoms with Gasteiger partial charge in [0.1, 0.15) is 0 Å². The third-order valence-electron chi connectivity index (χ3n) is 2.23. The van der Waals surface area contributed by atoms with E-state index in [1.807, 2.05) is 30.3 Å². The van der Waals surface area contributed by atoms with E-state index < -0.39 is 17.9 Å². The molecule has 1 saturated heterocycles. The molecule has 0 saturated carbocycles. The molecule has 6 heteroatoms. The Kier molecular flexibility index (Phi) is 3.15. The summed E-state index contributed by atoms with van der Waals surface area (Å²) in [4.78, 5) is 22.8. The van der Waals surface area contributed by atoms with Crippen molar-refractivity contribution in [3.8, 4) is 0 Å². The predicted molar refractivity (Wildman–Crippen MR) is 59.0 cm³/mol. The lowest BCUT2D eigenvalue weighted by Crippen LogP contribution is -2.59. The van der Waals surface area contributed by atoms with E-state index in [1.165, 1.54) is 0 Å². The highest BCUT2D eigenvalue weighted by Gasteiger charge is 2.33. The molecule has 2 amide bonds. The highest BCUT2D eigenvalue weighted by atomic mass is 16.5. The molecule has 0 aromatic heterocycles. The van der Waals surface area contributed by atoms with Gasteiger partial charge in [0.15, 0.2) is 0 Å². The number of hydrogen-bond acceptors (Lipinski definition) is 4. The first-order valence-electron chi connectivity index (χ1n) is 5.02. The van der Waals surface area contributed by atoms with Crippen LogP contribution in [0.25, 0.3) is 0 Å². The first kappa shape index (κ1) is 11.3. The number of amides is 2. The van der Waals surface area contributed by atoms with Crippen molar-refractivity contribution < 1.29 is 14.3 Å². The van der Waals surface area contributed by atoms with Crippen LogP contribution in [0.4, 0.5) is 0 Å². The van der Waals surface area contributed by atoms with Gasteiger partial charge in [-0.25, -0.2) is 0 Å². The van der Waals surface area contributed by atoms with E-state index in [9.17, 15) is 9.59 Å². The zero-order chi connectivity index (χ0) is 12.3. The molecule has 1 aliphatic rings. The molecule has 1 fully saturated rings. The molecule has 6 nitrogen and oxygen atoms in total. The molecule has 1 aliphatic heterocycles. The molecule has 0 atom stereocenters. The van der Waals surface area contributed by atoms with E-state index in [0.29, 0.717) is 0 Å². The fourth-order valence-corrected chi connectivity index (χ4v) is 1.43. The number of benzene rings is 1. The van der Waals surface area contributed by atoms with Crippen LogP contribution in [0.2, 0.25) is 0 Å². The van der Waals surface area contributed by atoms with Gasteiger partial charge in [-0.1, -0.05) is 30.3 Å². The summed E-state index contributed by atoms with van der Waals surface area (Å²) in [5, 5.41) is 11.5. The maximum absolute atomic E-state index is 11.4. The van der Waals surface area contributed by atoms with Crippen LogP contribution in [0.1, 0.15) is 5.56 Å². The fraction of sp³-hybridized carbons (Fsp3) is 0.182. The van der Waals surface area contributed by atoms with Crippen molar-refractivity contribution in [2.24, 2.45) is 0 Å². The number of hydrogen-bond donors (Lipinski definition) is 3. The monoisotopic (exact) mass is 233 g/mol. The molecule has 17 heavy (non-hydrogen) atoms. The van der Waals surface area contributed by atoms with Gasteiger partial charge in [0.25, 0.3) is 11.8 Å². The molecule has 0 spiro atoms. The average Bonchev–Trinajstić information content (AvgIpc) is 2.29. The zero-order valence-electron chi connectivity index (χ0n) is 8.90. The van der Waals surface area contributed by atoms with E-state index in [2.05, 4.69) is 10.6 Å². The van der Waals surface area contributed by atoms with Gasteiger partial charge < -0.3 is 4.74 Å². The van der Waals surface area contributed by atoms with Crippen molar-refractivity contribution in [1.82, 2.24) is 10.6 Å². The Morgan fingerprint density at radius 3 is 2.29 bits per heavy atom. The Labute approximate surface area is 97.5 Å². The van der Waals surface area contributed by atoms with Crippen LogP contribution in [-0.4, -0.2) is 23.9 Å². The lowest BCUT2D eigenvalue weighted by Gasteiger charge is -2.22. The average molecular weight is 233 g/mol. The number of guanidine groups is 1. The lowest BCUT2D eigenvalue weighted by atomic mass is 10.2. The third kappa shape index (κ3) is 2.67. The number of carbonyl (C=O) groups excluding carboxylic acids is 2. The van der Waals surface area contributed by atoms with Crippen molar-refractivity contribution in [2.45, 2.75) is 12.7 Å². The maximum atomic E-state index is 11.4. The molecular formula is C11H11N3O3. The van der Waals surface area contributed by atoms with Gasteiger partial charge in [0.05, 0.1) is 6.61 Å². The zero-order valence-corrected chi connectivity index (χ0v) is 8.90. The Bertz CT molecular complexity index is 438. The summed E-state index contributed by atoms with van der Waals surface area (Å²) in [6, 6.07) is 9.22. The summed E-state index contributed by atoms with van der Waals surface area (Å²) in [7, 11) is 0. The van der Waals surface area contributed by atoms with Crippen molar-refractivity contribution in [2.75, 3.05) is 0 Å². The van der Waals surface area contributed by atoms with Crippen LogP contribution in [0, 0.1) is 5.41 Å². The molecule has 0 unspecified atom stereocenters. The fourth-order valence-electron chi connectivity index (χ4n) is 1.43. The maximum Gasteiger partial charge on any atom is 0.265 e. The Morgan fingerprint density at radius 1 is 1.12 bits per heavy atom. The van der Waals surface area contributed by atoms with Crippen LogP contribution in [-0.2, 0) is 20.9 Å². The number of carbonyl (C=O) groups is 2. The molecule has 0 bridgehead atoms. The van der Waals surface area contributed by atoms with Crippen LogP contribution in [0.3, 0.4) is 0 Å². The summed E-state index contributed by atoms with van der Waals surface area (Å²) in [5.41, 5.74) is 0.869. The first-order valence-corrected chi connectivity index (χ1v) is 5.02. The van der Waals surface area contributed by atoms with Gasteiger partial charge in [-0.05, 0) is 5.56 Å². The predicted octanol–water partition coefficient (Wildman–Crippen LogP) is -0.247. The van der Waals surface area contributed by atoms with Gasteiger partial charge in [-0.15, -0.1) is 0 Å². The van der Waals surface area contributed by atoms with Crippen molar-refractivity contribution in [3.05, 3.63) is 35.9 Å². The van der Waals surface area contributed by atoms with Crippen LogP contribution in [0.15, 0.2) is 30.3 Å². The highest BCUT2D eigenvalue weighted by Crippen LogP contribution is 2.05. The Hall–Kier alpha value is -2.21. The van der Waals surface area contributed by atoms with E-state index in [-0.39, 0.29) is 12.6 Å². The number of rotatable bonds is 3. The SMILES string of the molecule is N=C1NC(=O)C(OCc2ccccc2)C(=O)N1. The standard InChI is InChI=1S/C11H11N3O3/c12-11-13-9(15)8(10(16)14-11)17-6-7-4-2-1-3-5-7/h1-5,8H,6H2,(H3,12,13,14,15,16). The van der Waals surface area contributed by atoms with E-state index in [4.69, 9.17) is 10.1 Å². The Balaban J connectivity index is 1.97. The van der Waals surface area contributed by atoms with Crippen molar-refractivity contribution in [1.29, 1.82) is 5.41 Å². The largest absolute Gasteiger partial charge is 0.354 e. The number of nitrogens with one attached hydrogen (secondary N) is 3. The summed E-state index contributed by atoms with van der Waals surface area (Å²) in [6.45, 7) is 0.166. The summed E-state index contributed by atoms with van der Waals surface area (Å²) in [5.74, 6) is -1.55. The molecule has 0 radical (unpaired) electrons. The highest BCUT2D eigenvalue weighted by molar-refractivity contribution is 6.18. The number of ether oxygens (including phenoxy) is 1. The molecule has 3 N–H and O–H groups in total. The van der Waals surface area contributed by atoms with Gasteiger partial charge in [0.2, 0.25) is 12.1 Å². The minimum atomic E-state index is -1.20. The van der Waals surface area contributed by atoms with Gasteiger partial charge in [0, 0.05) is 0 Å². The smallest absolute Gasteiger partial charge is 0.265 e. The second-order valence-electron chi connectivity index (χ2n) is 3.53. The third-order valence-corrected chi connectivity index (χ3v) is 2.23. The molecule has 0 aliphatic carbocycles. The van der Waals surface area contributed by atoms with E-state index in [1.54, 1.807) is 0 Å². The van der Waals surface area contributed by atoms with Crippen LogP contribution in [0.5, 0.6) is 0 Å². The van der Waals surface area contributed by atoms with Crippen LogP contribution < -0.4 is 10.6 Å². The summed E-state index contributed by atoms with van der Waals surface area (Å²) < 4.78 is 5.22. The van der Waals surface area contributed by atoms with Gasteiger partial charge in [-0.2, -0.15) is 0 Å². The van der Waals surface area contributed by atoms with E-state index in [0.717, 1.165) is 5.56 Å². The quantitative estimate of drug-likeness (QED) is 0.629. The second kappa shape index (κ2) is 4.75. The normalized spacial score (nSPS) is 19.8. The van der Waals surface area contributed by atoms with E-state index >= 15 is 0 Å². The molecule has 1 heterocycles. The second-order valence-corrected chi connectivity index (χ2v) is 3.53. The minimum absolute atomic E-state index is 0.166. The molecule has 88 valence electrons. The first-order chi connectivity index (χ1) is 8.16. The Morgan fingerprint density at radius 2 is 1.71 bits per heavy atom. The lowest BCUT2D eigenvalue weighted by molar-refractivity contribution is -0.146. The molecule has 2 rings (SSSR count). The van der Waals surface area contributed by atoms with Gasteiger partial charge >= 0.3 is 0 Å². The topological polar surface area (TPSA) is 91.3 Å². The van der Waals surface area contributed by atoms with Crippen molar-refractivity contribution in [3.63, 3.8) is 0 Å². The van der Waals surface area contributed by atoms with Crippen LogP contribution >= 0.6 is 0 Å². The molecule has 1 aromatic rings. The summed E-state index contributed by atoms with van der Waals surface area (Å²) >= 11 is 0. The van der Waals surface area contributed by atoms with Gasteiger partial charge in [-0.3, -0.25) is 25.6 Å². The summed E-state index contributed by atoms with van der Waals surface area (Å²) in [6.07, 6.45) is -1.20.